The summed E-state index contributed by atoms with van der Waals surface area (Å²) in [5, 5.41) is 16.9. The minimum Gasteiger partial charge on any atom is -0.477 e. The first-order valence-corrected chi connectivity index (χ1v) is 15.5. The van der Waals surface area contributed by atoms with Gasteiger partial charge < -0.3 is 30.4 Å². The summed E-state index contributed by atoms with van der Waals surface area (Å²) in [5.41, 5.74) is 5.47. The van der Waals surface area contributed by atoms with Crippen LogP contribution in [0.15, 0.2) is 73.1 Å². The van der Waals surface area contributed by atoms with Gasteiger partial charge in [-0.3, -0.25) is 9.59 Å². The number of aromatic nitrogens is 2. The lowest BCUT2D eigenvalue weighted by Gasteiger charge is -2.05. The number of thiophene rings is 2. The second-order valence-corrected chi connectivity index (χ2v) is 12.2. The van der Waals surface area contributed by atoms with Crippen LogP contribution in [0.2, 0.25) is 0 Å². The zero-order chi connectivity index (χ0) is 32.1. The van der Waals surface area contributed by atoms with Crippen LogP contribution in [0.25, 0.3) is 21.8 Å². The van der Waals surface area contributed by atoms with E-state index in [0.29, 0.717) is 33.3 Å². The van der Waals surface area contributed by atoms with Gasteiger partial charge in [0.25, 0.3) is 11.8 Å². The molecule has 230 valence electrons. The van der Waals surface area contributed by atoms with E-state index in [9.17, 15) is 19.2 Å². The number of benzene rings is 2. The van der Waals surface area contributed by atoms with Gasteiger partial charge in [-0.2, -0.15) is 0 Å². The highest BCUT2D eigenvalue weighted by atomic mass is 32.1. The fourth-order valence-corrected chi connectivity index (χ4v) is 6.76. The number of rotatable bonds is 8. The molecule has 0 aliphatic heterocycles. The molecule has 0 unspecified atom stereocenters. The summed E-state index contributed by atoms with van der Waals surface area (Å²) in [6.07, 6.45) is 3.74. The third-order valence-electron chi connectivity index (χ3n) is 7.10. The lowest BCUT2D eigenvalue weighted by molar-refractivity contribution is 0.0604. The maximum atomic E-state index is 12.3. The number of aryl methyl sites for hydroxylation is 2. The monoisotopic (exact) mass is 642 g/mol. The lowest BCUT2D eigenvalue weighted by Crippen LogP contribution is -2.21. The van der Waals surface area contributed by atoms with E-state index in [0.717, 1.165) is 61.2 Å². The minimum atomic E-state index is -1.00. The number of hydrogen-bond donors (Lipinski definition) is 5. The Kier molecular flexibility index (Phi) is 9.45. The van der Waals surface area contributed by atoms with Crippen molar-refractivity contribution in [3.8, 4) is 0 Å². The van der Waals surface area contributed by atoms with E-state index in [1.165, 1.54) is 7.11 Å². The van der Waals surface area contributed by atoms with Crippen molar-refractivity contribution in [2.75, 3.05) is 7.11 Å². The molecule has 0 fully saturated rings. The van der Waals surface area contributed by atoms with Gasteiger partial charge in [0.2, 0.25) is 0 Å². The highest BCUT2D eigenvalue weighted by Gasteiger charge is 2.18. The lowest BCUT2D eigenvalue weighted by atomic mass is 10.1. The quantitative estimate of drug-likeness (QED) is 0.121. The third-order valence-corrected chi connectivity index (χ3v) is 9.54. The van der Waals surface area contributed by atoms with Crippen LogP contribution in [-0.4, -0.2) is 45.9 Å². The van der Waals surface area contributed by atoms with Gasteiger partial charge in [-0.25, -0.2) is 9.59 Å². The number of carboxylic acids is 1. The fourth-order valence-electron chi connectivity index (χ4n) is 4.83. The summed E-state index contributed by atoms with van der Waals surface area (Å²) in [4.78, 5) is 55.0. The first kappa shape index (κ1) is 31.2. The van der Waals surface area contributed by atoms with E-state index in [4.69, 9.17) is 9.84 Å². The van der Waals surface area contributed by atoms with Crippen molar-refractivity contribution in [3.05, 3.63) is 115 Å². The molecule has 6 aromatic rings. The topological polar surface area (TPSA) is 153 Å². The molecule has 0 aliphatic carbocycles. The summed E-state index contributed by atoms with van der Waals surface area (Å²) in [6.45, 7) is 4.31. The fraction of sp³-hybridized carbons (Fsp3) is 0.152. The maximum absolute atomic E-state index is 12.3. The Balaban J connectivity index is 0.000000178. The minimum absolute atomic E-state index is 0.194. The first-order chi connectivity index (χ1) is 21.7. The number of carboxylic acid groups (broad SMARTS) is 1. The summed E-state index contributed by atoms with van der Waals surface area (Å²) >= 11 is 2.15. The number of aromatic carboxylic acids is 1. The zero-order valence-corrected chi connectivity index (χ0v) is 26.3. The summed E-state index contributed by atoms with van der Waals surface area (Å²) in [6, 6.07) is 19.1. The van der Waals surface area contributed by atoms with Crippen LogP contribution in [0, 0.1) is 13.8 Å². The number of fused-ring (bicyclic) bond motifs is 2. The van der Waals surface area contributed by atoms with Crippen molar-refractivity contribution in [2.45, 2.75) is 26.9 Å². The maximum Gasteiger partial charge on any atom is 0.348 e. The number of ether oxygens (including phenoxy) is 1. The Morgan fingerprint density at radius 2 is 1.20 bits per heavy atom. The van der Waals surface area contributed by atoms with Gasteiger partial charge in [-0.1, -0.05) is 24.3 Å². The molecule has 0 bridgehead atoms. The van der Waals surface area contributed by atoms with E-state index >= 15 is 0 Å². The number of esters is 1. The first-order valence-electron chi connectivity index (χ1n) is 13.8. The molecule has 0 radical (unpaired) electrons. The third kappa shape index (κ3) is 6.97. The van der Waals surface area contributed by atoms with E-state index in [2.05, 4.69) is 20.6 Å². The van der Waals surface area contributed by atoms with Gasteiger partial charge in [0.15, 0.2) is 0 Å². The number of amides is 2. The molecule has 0 spiro atoms. The van der Waals surface area contributed by atoms with Crippen LogP contribution < -0.4 is 10.6 Å². The van der Waals surface area contributed by atoms with Crippen molar-refractivity contribution >= 4 is 68.2 Å². The van der Waals surface area contributed by atoms with Gasteiger partial charge in [0.1, 0.15) is 9.75 Å². The van der Waals surface area contributed by atoms with Crippen molar-refractivity contribution in [1.29, 1.82) is 0 Å². The van der Waals surface area contributed by atoms with Crippen LogP contribution in [0.1, 0.15) is 60.9 Å². The van der Waals surface area contributed by atoms with Gasteiger partial charge in [0.05, 0.1) is 16.9 Å². The molecule has 0 saturated carbocycles. The van der Waals surface area contributed by atoms with Crippen LogP contribution in [0.5, 0.6) is 0 Å². The molecule has 0 atom stereocenters. The molecule has 2 aromatic carbocycles. The molecule has 4 aromatic heterocycles. The second-order valence-electron chi connectivity index (χ2n) is 10.1. The van der Waals surface area contributed by atoms with Crippen molar-refractivity contribution < 1.29 is 29.0 Å². The molecular weight excluding hydrogens is 613 g/mol. The molecule has 10 nitrogen and oxygen atoms in total. The summed E-state index contributed by atoms with van der Waals surface area (Å²) in [7, 11) is 1.33. The van der Waals surface area contributed by atoms with Crippen molar-refractivity contribution in [2.24, 2.45) is 0 Å². The van der Waals surface area contributed by atoms with Gasteiger partial charge in [-0.05, 0) is 72.5 Å². The largest absolute Gasteiger partial charge is 0.477 e. The van der Waals surface area contributed by atoms with Crippen LogP contribution in [0.3, 0.4) is 0 Å². The van der Waals surface area contributed by atoms with Gasteiger partial charge in [-0.15, -0.1) is 22.7 Å². The Morgan fingerprint density at radius 3 is 1.64 bits per heavy atom. The second kappa shape index (κ2) is 13.6. The number of hydrogen-bond acceptors (Lipinski definition) is 7. The average Bonchev–Trinajstić information content (AvgIpc) is 3.84. The van der Waals surface area contributed by atoms with Crippen molar-refractivity contribution in [1.82, 2.24) is 20.6 Å². The Bertz CT molecular complexity index is 2030. The SMILES string of the molecule is COC(=O)c1sc(C(=O)NCc2cccc3[nH]ccc23)cc1C.Cc1cc(C(=O)NCc2cccc3[nH]ccc23)sc1C(=O)O. The highest BCUT2D eigenvalue weighted by Crippen LogP contribution is 2.24. The van der Waals surface area contributed by atoms with E-state index in [1.54, 1.807) is 26.0 Å². The predicted octanol–water partition coefficient (Wildman–Crippen LogP) is 6.42. The highest BCUT2D eigenvalue weighted by molar-refractivity contribution is 7.16. The van der Waals surface area contributed by atoms with E-state index in [1.807, 2.05) is 60.9 Å². The molecule has 12 heteroatoms. The number of aromatic amines is 2. The summed E-state index contributed by atoms with van der Waals surface area (Å²) < 4.78 is 4.72. The average molecular weight is 643 g/mol. The van der Waals surface area contributed by atoms with Crippen LogP contribution in [0.4, 0.5) is 0 Å². The Morgan fingerprint density at radius 1 is 0.733 bits per heavy atom. The van der Waals surface area contributed by atoms with Crippen LogP contribution >= 0.6 is 22.7 Å². The molecule has 0 saturated heterocycles. The van der Waals surface area contributed by atoms with Gasteiger partial charge in [0, 0.05) is 47.3 Å². The molecular formula is C33H30N4O6S2. The molecule has 45 heavy (non-hydrogen) atoms. The predicted molar refractivity (Wildman–Crippen MR) is 175 cm³/mol. The van der Waals surface area contributed by atoms with Crippen molar-refractivity contribution in [3.63, 3.8) is 0 Å². The van der Waals surface area contributed by atoms with E-state index < -0.39 is 11.9 Å². The molecule has 5 N–H and O–H groups in total. The Labute approximate surface area is 266 Å². The number of methoxy groups -OCH3 is 1. The standard InChI is InChI=1S/C17H16N2O3S.C16H14N2O3S/c1-10-8-14(23-15(10)17(21)22-2)16(20)19-9-11-4-3-5-13-12(11)6-7-18-13;1-9-7-13(22-14(9)16(20)21)15(19)18-8-10-3-2-4-12-11(10)5-6-17-12/h3-8,18H,9H2,1-2H3,(H,19,20);2-7,17H,8H2,1H3,(H,18,19)(H,20,21). The number of carbonyl (C=O) groups is 4. The van der Waals surface area contributed by atoms with E-state index in [-0.39, 0.29) is 16.7 Å². The van der Waals surface area contributed by atoms with Gasteiger partial charge >= 0.3 is 11.9 Å². The smallest absolute Gasteiger partial charge is 0.348 e. The Hall–Kier alpha value is -5.20. The molecule has 2 amide bonds. The number of carbonyl (C=O) groups excluding carboxylic acids is 3. The molecule has 0 aliphatic rings. The summed E-state index contributed by atoms with van der Waals surface area (Å²) in [5.74, 6) is -1.86. The number of nitrogens with one attached hydrogen (secondary N) is 4. The molecule has 6 rings (SSSR count). The molecule has 4 heterocycles. The van der Waals surface area contributed by atoms with Crippen LogP contribution in [-0.2, 0) is 17.8 Å². The zero-order valence-electron chi connectivity index (χ0n) is 24.6. The number of H-pyrrole nitrogens is 2. The normalized spacial score (nSPS) is 10.7.